The van der Waals surface area contributed by atoms with E-state index in [1.807, 2.05) is 0 Å². The lowest BCUT2D eigenvalue weighted by Gasteiger charge is -2.25. The lowest BCUT2D eigenvalue weighted by atomic mass is 9.89. The summed E-state index contributed by atoms with van der Waals surface area (Å²) in [6.07, 6.45) is -4.51. The van der Waals surface area contributed by atoms with Crippen molar-refractivity contribution in [1.82, 2.24) is 19.9 Å². The Labute approximate surface area is 184 Å². The normalized spacial score (nSPS) is 16.4. The van der Waals surface area contributed by atoms with Gasteiger partial charge in [0.05, 0.1) is 11.1 Å². The highest BCUT2D eigenvalue weighted by molar-refractivity contribution is 5.92. The number of amides is 1. The molecule has 0 saturated heterocycles. The lowest BCUT2D eigenvalue weighted by Crippen LogP contribution is -2.23. The minimum absolute atomic E-state index is 0.0415. The highest BCUT2D eigenvalue weighted by atomic mass is 19.4. The van der Waals surface area contributed by atoms with Gasteiger partial charge in [-0.25, -0.2) is 4.98 Å². The van der Waals surface area contributed by atoms with E-state index in [2.05, 4.69) is 15.3 Å². The zero-order valence-corrected chi connectivity index (χ0v) is 17.0. The van der Waals surface area contributed by atoms with Crippen LogP contribution in [-0.2, 0) is 31.9 Å². The van der Waals surface area contributed by atoms with Crippen molar-refractivity contribution >= 4 is 5.91 Å². The summed E-state index contributed by atoms with van der Waals surface area (Å²) < 4.78 is 80.8. The van der Waals surface area contributed by atoms with Gasteiger partial charge in [0.2, 0.25) is 0 Å². The van der Waals surface area contributed by atoms with E-state index in [4.69, 9.17) is 0 Å². The second kappa shape index (κ2) is 8.53. The molecule has 1 aliphatic rings. The van der Waals surface area contributed by atoms with Crippen molar-refractivity contribution in [1.29, 1.82) is 0 Å². The molecule has 2 aromatic heterocycles. The van der Waals surface area contributed by atoms with Gasteiger partial charge < -0.3 is 9.88 Å². The molecule has 4 rings (SSSR count). The number of hydrogen-bond acceptors (Lipinski definition) is 3. The van der Waals surface area contributed by atoms with Crippen LogP contribution in [0.1, 0.15) is 50.9 Å². The topological polar surface area (TPSA) is 59.8 Å². The van der Waals surface area contributed by atoms with E-state index >= 15 is 0 Å². The molecule has 0 saturated carbocycles. The fourth-order valence-electron chi connectivity index (χ4n) is 3.81. The average Bonchev–Trinajstić information content (AvgIpc) is 3.20. The third-order valence-corrected chi connectivity index (χ3v) is 5.51. The molecule has 0 aliphatic carbocycles. The van der Waals surface area contributed by atoms with Gasteiger partial charge in [-0.3, -0.25) is 9.78 Å². The van der Waals surface area contributed by atoms with Crippen molar-refractivity contribution in [2.45, 2.75) is 44.2 Å². The Morgan fingerprint density at radius 1 is 1.03 bits per heavy atom. The predicted octanol–water partition coefficient (Wildman–Crippen LogP) is 4.98. The van der Waals surface area contributed by atoms with Gasteiger partial charge >= 0.3 is 12.4 Å². The number of nitrogens with zero attached hydrogens (tertiary/aromatic N) is 3. The number of aryl methyl sites for hydroxylation is 1. The zero-order valence-electron chi connectivity index (χ0n) is 17.0. The Bertz CT molecular complexity index is 1120. The first-order valence-electron chi connectivity index (χ1n) is 10.0. The second-order valence-corrected chi connectivity index (χ2v) is 7.81. The number of pyridine rings is 1. The molecule has 0 fully saturated rings. The molecule has 1 amide bonds. The average molecular weight is 468 g/mol. The summed E-state index contributed by atoms with van der Waals surface area (Å²) in [6, 6.07) is 5.15. The fourth-order valence-corrected chi connectivity index (χ4v) is 3.81. The van der Waals surface area contributed by atoms with Crippen LogP contribution in [0, 0.1) is 0 Å². The first-order valence-corrected chi connectivity index (χ1v) is 10.0. The molecule has 0 spiro atoms. The van der Waals surface area contributed by atoms with Crippen molar-refractivity contribution in [3.63, 3.8) is 0 Å². The van der Waals surface area contributed by atoms with E-state index in [-0.39, 0.29) is 30.4 Å². The Hall–Kier alpha value is -3.37. The molecular formula is C22H18F6N4O. The number of carbonyl (C=O) groups is 1. The maximum absolute atomic E-state index is 13.2. The summed E-state index contributed by atoms with van der Waals surface area (Å²) in [4.78, 5) is 20.6. The molecule has 1 atom stereocenters. The first kappa shape index (κ1) is 22.8. The van der Waals surface area contributed by atoms with Crippen LogP contribution in [0.15, 0.2) is 48.9 Å². The fraction of sp³-hybridized carbons (Fsp3) is 0.318. The zero-order chi connectivity index (χ0) is 23.8. The Kier molecular flexibility index (Phi) is 5.89. The molecule has 11 heteroatoms. The molecular weight excluding hydrogens is 450 g/mol. The lowest BCUT2D eigenvalue weighted by molar-refractivity contribution is -0.143. The van der Waals surface area contributed by atoms with E-state index < -0.39 is 35.3 Å². The van der Waals surface area contributed by atoms with Gasteiger partial charge in [-0.1, -0.05) is 0 Å². The first-order chi connectivity index (χ1) is 15.5. The van der Waals surface area contributed by atoms with E-state index in [1.165, 1.54) is 6.20 Å². The highest BCUT2D eigenvalue weighted by Gasteiger charge is 2.38. The van der Waals surface area contributed by atoms with Gasteiger partial charge in [0.1, 0.15) is 11.5 Å². The van der Waals surface area contributed by atoms with Crippen molar-refractivity contribution in [2.75, 3.05) is 0 Å². The van der Waals surface area contributed by atoms with E-state index in [1.54, 1.807) is 29.1 Å². The van der Waals surface area contributed by atoms with Gasteiger partial charge in [0, 0.05) is 44.0 Å². The maximum Gasteiger partial charge on any atom is 0.416 e. The summed E-state index contributed by atoms with van der Waals surface area (Å²) in [5.74, 6) is -0.449. The van der Waals surface area contributed by atoms with Gasteiger partial charge in [-0.05, 0) is 47.9 Å². The smallest absolute Gasteiger partial charge is 0.347 e. The number of hydrogen-bond donors (Lipinski definition) is 1. The molecule has 1 aromatic carbocycles. The number of imidazole rings is 1. The van der Waals surface area contributed by atoms with Crippen LogP contribution in [-0.4, -0.2) is 20.4 Å². The van der Waals surface area contributed by atoms with Gasteiger partial charge in [0.25, 0.3) is 5.91 Å². The number of benzene rings is 1. The largest absolute Gasteiger partial charge is 0.416 e. The van der Waals surface area contributed by atoms with Crippen molar-refractivity contribution < 1.29 is 31.1 Å². The van der Waals surface area contributed by atoms with E-state index in [0.717, 1.165) is 17.7 Å². The summed E-state index contributed by atoms with van der Waals surface area (Å²) in [7, 11) is 0. The molecule has 3 heterocycles. The predicted molar refractivity (Wildman–Crippen MR) is 105 cm³/mol. The molecule has 33 heavy (non-hydrogen) atoms. The number of halogens is 6. The molecule has 3 aromatic rings. The van der Waals surface area contributed by atoms with Crippen LogP contribution in [0.5, 0.6) is 0 Å². The van der Waals surface area contributed by atoms with Gasteiger partial charge in [0.15, 0.2) is 0 Å². The molecule has 0 unspecified atom stereocenters. The number of fused-ring (bicyclic) bond motifs is 1. The Morgan fingerprint density at radius 3 is 2.27 bits per heavy atom. The summed E-state index contributed by atoms with van der Waals surface area (Å²) in [6.45, 7) is 0.384. The molecule has 174 valence electrons. The van der Waals surface area contributed by atoms with Crippen molar-refractivity contribution in [2.24, 2.45) is 0 Å². The third-order valence-electron chi connectivity index (χ3n) is 5.51. The number of alkyl halides is 6. The van der Waals surface area contributed by atoms with Crippen LogP contribution < -0.4 is 5.32 Å². The molecule has 1 N–H and O–H groups in total. The molecule has 0 radical (unpaired) electrons. The Morgan fingerprint density at radius 2 is 1.67 bits per heavy atom. The van der Waals surface area contributed by atoms with E-state index in [0.29, 0.717) is 18.7 Å². The minimum atomic E-state index is -4.90. The van der Waals surface area contributed by atoms with Crippen LogP contribution in [0.4, 0.5) is 26.3 Å². The second-order valence-electron chi connectivity index (χ2n) is 7.81. The number of aromatic nitrogens is 3. The number of nitrogens with one attached hydrogen (secondary N) is 1. The van der Waals surface area contributed by atoms with Gasteiger partial charge in [-0.15, -0.1) is 0 Å². The van der Waals surface area contributed by atoms with Crippen LogP contribution in [0.25, 0.3) is 0 Å². The Balaban J connectivity index is 1.53. The third kappa shape index (κ3) is 5.18. The minimum Gasteiger partial charge on any atom is -0.347 e. The molecule has 0 bridgehead atoms. The maximum atomic E-state index is 13.2. The van der Waals surface area contributed by atoms with Crippen molar-refractivity contribution in [3.8, 4) is 0 Å². The quantitative estimate of drug-likeness (QED) is 0.550. The molecule has 1 aliphatic heterocycles. The van der Waals surface area contributed by atoms with Crippen LogP contribution >= 0.6 is 0 Å². The number of carbonyl (C=O) groups excluding carboxylic acids is 1. The van der Waals surface area contributed by atoms with Crippen molar-refractivity contribution in [3.05, 3.63) is 82.7 Å². The van der Waals surface area contributed by atoms with Gasteiger partial charge in [-0.2, -0.15) is 26.3 Å². The van der Waals surface area contributed by atoms with E-state index in [9.17, 15) is 31.1 Å². The number of rotatable bonds is 4. The molecule has 5 nitrogen and oxygen atoms in total. The SMILES string of the molecule is O=C(NCc1ccncc1)c1cn2c(n1)CC[C@@H](c1cc(C(F)(F)F)cc(C(F)(F)F)c1)C2. The summed E-state index contributed by atoms with van der Waals surface area (Å²) in [5, 5.41) is 2.72. The van der Waals surface area contributed by atoms with Crippen LogP contribution in [0.3, 0.4) is 0 Å². The standard InChI is InChI=1S/C22H18F6N4O/c23-21(24,25)16-7-15(8-17(9-16)22(26,27)28)14-1-2-19-31-18(12-32(19)11-14)20(33)30-10-13-3-5-29-6-4-13/h3-9,12,14H,1-2,10-11H2,(H,30,33)/t14-/m1/s1. The monoisotopic (exact) mass is 468 g/mol. The highest BCUT2D eigenvalue weighted by Crippen LogP contribution is 2.39. The summed E-state index contributed by atoms with van der Waals surface area (Å²) in [5.41, 5.74) is -1.73. The van der Waals surface area contributed by atoms with Crippen LogP contribution in [0.2, 0.25) is 0 Å². The summed E-state index contributed by atoms with van der Waals surface area (Å²) >= 11 is 0.